The molecule has 0 saturated heterocycles. The zero-order chi connectivity index (χ0) is 10.2. The van der Waals surface area contributed by atoms with Crippen LogP contribution in [0, 0.1) is 6.92 Å². The van der Waals surface area contributed by atoms with Gasteiger partial charge in [-0.15, -0.1) is 11.3 Å². The molecule has 0 fully saturated rings. The fraction of sp³-hybridized carbons (Fsp3) is 0.556. The van der Waals surface area contributed by atoms with Crippen LogP contribution >= 0.6 is 22.9 Å². The standard InChI is InChI=1S/C9H12ClFOS/c1-5-4-6(13-8(5)10)7(12)9(2,3)11/h4,7,12H,1-3H3. The van der Waals surface area contributed by atoms with Crippen LogP contribution in [0.15, 0.2) is 6.07 Å². The highest BCUT2D eigenvalue weighted by Crippen LogP contribution is 2.36. The number of rotatable bonds is 2. The van der Waals surface area contributed by atoms with Gasteiger partial charge in [-0.3, -0.25) is 0 Å². The second kappa shape index (κ2) is 3.56. The lowest BCUT2D eigenvalue weighted by Crippen LogP contribution is -2.22. The summed E-state index contributed by atoms with van der Waals surface area (Å²) in [7, 11) is 0. The predicted octanol–water partition coefficient (Wildman–Crippen LogP) is 3.49. The van der Waals surface area contributed by atoms with Gasteiger partial charge in [0.25, 0.3) is 0 Å². The van der Waals surface area contributed by atoms with Crippen LogP contribution < -0.4 is 0 Å². The van der Waals surface area contributed by atoms with Gasteiger partial charge in [0.15, 0.2) is 0 Å². The van der Waals surface area contributed by atoms with E-state index < -0.39 is 11.8 Å². The molecule has 1 N–H and O–H groups in total. The summed E-state index contributed by atoms with van der Waals surface area (Å²) in [4.78, 5) is 0.579. The Hall–Kier alpha value is -0.120. The minimum absolute atomic E-state index is 0.579. The minimum Gasteiger partial charge on any atom is -0.384 e. The average Bonchev–Trinajstić information content (AvgIpc) is 2.29. The smallest absolute Gasteiger partial charge is 0.136 e. The van der Waals surface area contributed by atoms with E-state index in [0.717, 1.165) is 5.56 Å². The highest BCUT2D eigenvalue weighted by atomic mass is 35.5. The topological polar surface area (TPSA) is 20.2 Å². The van der Waals surface area contributed by atoms with E-state index in [-0.39, 0.29) is 0 Å². The Balaban J connectivity index is 2.96. The molecule has 1 aromatic rings. The fourth-order valence-electron chi connectivity index (χ4n) is 0.957. The summed E-state index contributed by atoms with van der Waals surface area (Å²) in [6.07, 6.45) is -1.09. The van der Waals surface area contributed by atoms with Crippen molar-refractivity contribution in [2.24, 2.45) is 0 Å². The first-order chi connectivity index (χ1) is 5.82. The van der Waals surface area contributed by atoms with Crippen LogP contribution in [-0.4, -0.2) is 10.8 Å². The van der Waals surface area contributed by atoms with E-state index in [2.05, 4.69) is 0 Å². The quantitative estimate of drug-likeness (QED) is 0.812. The third kappa shape index (κ3) is 2.42. The summed E-state index contributed by atoms with van der Waals surface area (Å²) < 4.78 is 13.9. The Labute approximate surface area is 86.2 Å². The molecule has 0 aromatic carbocycles. The second-order valence-electron chi connectivity index (χ2n) is 3.57. The summed E-state index contributed by atoms with van der Waals surface area (Å²) in [6, 6.07) is 1.72. The van der Waals surface area contributed by atoms with Gasteiger partial charge in [0.05, 0.1) is 4.34 Å². The molecule has 13 heavy (non-hydrogen) atoms. The maximum Gasteiger partial charge on any atom is 0.136 e. The number of thiophene rings is 1. The first-order valence-electron chi connectivity index (χ1n) is 3.95. The van der Waals surface area contributed by atoms with E-state index >= 15 is 0 Å². The van der Waals surface area contributed by atoms with Gasteiger partial charge in [0.1, 0.15) is 11.8 Å². The molecule has 0 saturated carbocycles. The summed E-state index contributed by atoms with van der Waals surface area (Å²) >= 11 is 7.03. The van der Waals surface area contributed by atoms with Crippen molar-refractivity contribution in [3.63, 3.8) is 0 Å². The zero-order valence-corrected chi connectivity index (χ0v) is 9.34. The van der Waals surface area contributed by atoms with Crippen molar-refractivity contribution in [3.05, 3.63) is 20.8 Å². The van der Waals surface area contributed by atoms with Crippen molar-refractivity contribution in [2.75, 3.05) is 0 Å². The molecule has 1 heterocycles. The van der Waals surface area contributed by atoms with Crippen LogP contribution in [0.1, 0.15) is 30.4 Å². The molecule has 0 amide bonds. The Morgan fingerprint density at radius 3 is 2.46 bits per heavy atom. The van der Waals surface area contributed by atoms with E-state index in [1.165, 1.54) is 25.2 Å². The minimum atomic E-state index is -1.62. The van der Waals surface area contributed by atoms with Gasteiger partial charge < -0.3 is 5.11 Å². The molecule has 0 bridgehead atoms. The second-order valence-corrected chi connectivity index (χ2v) is 5.26. The third-order valence-electron chi connectivity index (χ3n) is 1.80. The Morgan fingerprint density at radius 1 is 1.62 bits per heavy atom. The molecule has 1 unspecified atom stereocenters. The molecular formula is C9H12ClFOS. The van der Waals surface area contributed by atoms with Gasteiger partial charge >= 0.3 is 0 Å². The SMILES string of the molecule is Cc1cc(C(O)C(C)(C)F)sc1Cl. The molecule has 1 aromatic heterocycles. The maximum absolute atomic E-state index is 13.3. The largest absolute Gasteiger partial charge is 0.384 e. The van der Waals surface area contributed by atoms with E-state index in [4.69, 9.17) is 11.6 Å². The summed E-state index contributed by atoms with van der Waals surface area (Å²) in [5.41, 5.74) is -0.745. The van der Waals surface area contributed by atoms with Gasteiger partial charge in [-0.25, -0.2) is 4.39 Å². The van der Waals surface area contributed by atoms with Crippen LogP contribution in [0.5, 0.6) is 0 Å². The average molecular weight is 223 g/mol. The Kier molecular flexibility index (Phi) is 3.00. The van der Waals surface area contributed by atoms with E-state index in [0.29, 0.717) is 9.21 Å². The molecular weight excluding hydrogens is 211 g/mol. The van der Waals surface area contributed by atoms with Crippen LogP contribution in [0.25, 0.3) is 0 Å². The lowest BCUT2D eigenvalue weighted by Gasteiger charge is -2.20. The normalized spacial score (nSPS) is 14.6. The van der Waals surface area contributed by atoms with Crippen molar-refractivity contribution >= 4 is 22.9 Å². The van der Waals surface area contributed by atoms with Crippen LogP contribution in [0.4, 0.5) is 4.39 Å². The molecule has 0 aliphatic heterocycles. The molecule has 0 aliphatic rings. The number of hydrogen-bond acceptors (Lipinski definition) is 2. The molecule has 1 nitrogen and oxygen atoms in total. The number of halogens is 2. The summed E-state index contributed by atoms with van der Waals surface area (Å²) in [5, 5.41) is 9.57. The lowest BCUT2D eigenvalue weighted by atomic mass is 10.0. The van der Waals surface area contributed by atoms with E-state index in [9.17, 15) is 9.50 Å². The van der Waals surface area contributed by atoms with Crippen LogP contribution in [0.3, 0.4) is 0 Å². The van der Waals surface area contributed by atoms with Gasteiger partial charge in [-0.05, 0) is 32.4 Å². The number of hydrogen-bond donors (Lipinski definition) is 1. The zero-order valence-electron chi connectivity index (χ0n) is 7.77. The molecule has 1 atom stereocenters. The van der Waals surface area contributed by atoms with Crippen molar-refractivity contribution in [3.8, 4) is 0 Å². The summed E-state index contributed by atoms with van der Waals surface area (Å²) in [6.45, 7) is 4.53. The Morgan fingerprint density at radius 2 is 2.15 bits per heavy atom. The highest BCUT2D eigenvalue weighted by Gasteiger charge is 2.30. The number of alkyl halides is 1. The fourth-order valence-corrected chi connectivity index (χ4v) is 2.33. The van der Waals surface area contributed by atoms with Gasteiger partial charge in [-0.2, -0.15) is 0 Å². The lowest BCUT2D eigenvalue weighted by molar-refractivity contribution is 0.0186. The Bertz CT molecular complexity index is 284. The van der Waals surface area contributed by atoms with Gasteiger partial charge in [0.2, 0.25) is 0 Å². The van der Waals surface area contributed by atoms with E-state index in [1.54, 1.807) is 6.07 Å². The number of aliphatic hydroxyl groups excluding tert-OH is 1. The maximum atomic E-state index is 13.3. The summed E-state index contributed by atoms with van der Waals surface area (Å²) in [5.74, 6) is 0. The molecule has 1 rings (SSSR count). The molecule has 0 spiro atoms. The van der Waals surface area contributed by atoms with Gasteiger partial charge in [0, 0.05) is 4.88 Å². The molecule has 0 aliphatic carbocycles. The monoisotopic (exact) mass is 222 g/mol. The van der Waals surface area contributed by atoms with Crippen LogP contribution in [-0.2, 0) is 0 Å². The predicted molar refractivity (Wildman–Crippen MR) is 54.2 cm³/mol. The third-order valence-corrected chi connectivity index (χ3v) is 3.40. The first-order valence-corrected chi connectivity index (χ1v) is 5.14. The number of aryl methyl sites for hydroxylation is 1. The molecule has 0 radical (unpaired) electrons. The highest BCUT2D eigenvalue weighted by molar-refractivity contribution is 7.16. The van der Waals surface area contributed by atoms with Gasteiger partial charge in [-0.1, -0.05) is 11.6 Å². The van der Waals surface area contributed by atoms with Crippen molar-refractivity contribution in [1.29, 1.82) is 0 Å². The number of aliphatic hydroxyl groups is 1. The van der Waals surface area contributed by atoms with E-state index in [1.807, 2.05) is 6.92 Å². The first kappa shape index (κ1) is 11.0. The van der Waals surface area contributed by atoms with Crippen LogP contribution in [0.2, 0.25) is 4.34 Å². The van der Waals surface area contributed by atoms with Crippen molar-refractivity contribution in [1.82, 2.24) is 0 Å². The molecule has 74 valence electrons. The van der Waals surface area contributed by atoms with Crippen molar-refractivity contribution < 1.29 is 9.50 Å². The van der Waals surface area contributed by atoms with Crippen molar-refractivity contribution in [2.45, 2.75) is 32.5 Å². The molecule has 4 heteroatoms.